The van der Waals surface area contributed by atoms with Gasteiger partial charge in [-0.2, -0.15) is 0 Å². The van der Waals surface area contributed by atoms with Crippen molar-refractivity contribution in [2.24, 2.45) is 0 Å². The Labute approximate surface area is 75.4 Å². The van der Waals surface area contributed by atoms with E-state index in [0.717, 1.165) is 12.8 Å². The zero-order chi connectivity index (χ0) is 9.61. The highest BCUT2D eigenvalue weighted by Gasteiger charge is 2.29. The molecule has 0 heterocycles. The van der Waals surface area contributed by atoms with Crippen molar-refractivity contribution in [3.8, 4) is 0 Å². The van der Waals surface area contributed by atoms with E-state index in [0.29, 0.717) is 6.61 Å². The molecule has 0 spiro atoms. The second kappa shape index (κ2) is 5.63. The summed E-state index contributed by atoms with van der Waals surface area (Å²) in [6.45, 7) is 8.12. The number of unbranched alkanes of at least 4 members (excludes halogenated alkanes) is 1. The van der Waals surface area contributed by atoms with E-state index in [1.807, 2.05) is 20.8 Å². The molecule has 0 fully saturated rings. The van der Waals surface area contributed by atoms with E-state index < -0.39 is 8.25 Å². The molecule has 0 aromatic heterocycles. The maximum atomic E-state index is 11.0. The first-order chi connectivity index (χ1) is 5.45. The smallest absolute Gasteiger partial charge is 0.119 e. The first-order valence-electron chi connectivity index (χ1n) is 4.25. The lowest BCUT2D eigenvalue weighted by Gasteiger charge is -2.07. The van der Waals surface area contributed by atoms with Crippen LogP contribution in [0.3, 0.4) is 0 Å². The van der Waals surface area contributed by atoms with Crippen LogP contribution < -0.4 is 0 Å². The molecule has 12 heavy (non-hydrogen) atoms. The summed E-state index contributed by atoms with van der Waals surface area (Å²) in [6.07, 6.45) is 1.97. The molecular weight excluding hydrogens is 175 g/mol. The molecule has 0 aliphatic rings. The van der Waals surface area contributed by atoms with Gasteiger partial charge in [0.25, 0.3) is 0 Å². The Bertz CT molecular complexity index is 140. The minimum absolute atomic E-state index is 0.389. The summed E-state index contributed by atoms with van der Waals surface area (Å²) in [5.74, 6) is 0. The van der Waals surface area contributed by atoms with Crippen LogP contribution >= 0.6 is 8.25 Å². The van der Waals surface area contributed by atoms with Crippen LogP contribution in [-0.4, -0.2) is 12.2 Å². The third kappa shape index (κ3) is 8.12. The lowest BCUT2D eigenvalue weighted by Crippen LogP contribution is -2.15. The van der Waals surface area contributed by atoms with Crippen LogP contribution in [0.4, 0.5) is 0 Å². The second-order valence-corrected chi connectivity index (χ2v) is 4.50. The molecule has 1 atom stereocenters. The summed E-state index contributed by atoms with van der Waals surface area (Å²) < 4.78 is 21.1. The van der Waals surface area contributed by atoms with Crippen molar-refractivity contribution < 1.29 is 13.6 Å². The maximum Gasteiger partial charge on any atom is 0.697 e. The van der Waals surface area contributed by atoms with E-state index in [1.54, 1.807) is 0 Å². The van der Waals surface area contributed by atoms with Crippen LogP contribution in [0.25, 0.3) is 0 Å². The highest BCUT2D eigenvalue weighted by Crippen LogP contribution is 2.30. The fraction of sp³-hybridized carbons (Fsp3) is 1.00. The van der Waals surface area contributed by atoms with E-state index in [1.165, 1.54) is 0 Å². The van der Waals surface area contributed by atoms with Gasteiger partial charge >= 0.3 is 8.25 Å². The molecule has 0 rings (SSSR count). The van der Waals surface area contributed by atoms with Crippen LogP contribution in [0.1, 0.15) is 40.5 Å². The molecule has 0 radical (unpaired) electrons. The average Bonchev–Trinajstić information content (AvgIpc) is 1.84. The van der Waals surface area contributed by atoms with Gasteiger partial charge in [0.1, 0.15) is 12.2 Å². The van der Waals surface area contributed by atoms with Crippen LogP contribution in [0.5, 0.6) is 0 Å². The molecule has 0 bridgehead atoms. The van der Waals surface area contributed by atoms with E-state index in [4.69, 9.17) is 9.05 Å². The molecule has 72 valence electrons. The van der Waals surface area contributed by atoms with Gasteiger partial charge in [-0.25, -0.2) is 0 Å². The lowest BCUT2D eigenvalue weighted by atomic mass is 10.2. The molecule has 0 aliphatic heterocycles. The molecule has 0 N–H and O–H groups in total. The Morgan fingerprint density at radius 1 is 1.33 bits per heavy atom. The van der Waals surface area contributed by atoms with Crippen molar-refractivity contribution in [2.45, 2.75) is 46.1 Å². The Hall–Kier alpha value is 0.0200. The quantitative estimate of drug-likeness (QED) is 0.496. The zero-order valence-corrected chi connectivity index (χ0v) is 9.19. The summed E-state index contributed by atoms with van der Waals surface area (Å²) in [4.78, 5) is 0. The van der Waals surface area contributed by atoms with Crippen LogP contribution in [0.2, 0.25) is 0 Å². The molecule has 0 aromatic carbocycles. The third-order valence-electron chi connectivity index (χ3n) is 1.04. The molecule has 3 nitrogen and oxygen atoms in total. The van der Waals surface area contributed by atoms with Gasteiger partial charge in [-0.05, 0) is 27.2 Å². The van der Waals surface area contributed by atoms with Gasteiger partial charge in [-0.1, -0.05) is 13.3 Å². The summed E-state index contributed by atoms with van der Waals surface area (Å²) in [7, 11) is -1.93. The minimum Gasteiger partial charge on any atom is -0.119 e. The lowest BCUT2D eigenvalue weighted by molar-refractivity contribution is 0.108. The third-order valence-corrected chi connectivity index (χ3v) is 2.13. The van der Waals surface area contributed by atoms with Crippen LogP contribution in [0, 0.1) is 0 Å². The van der Waals surface area contributed by atoms with Crippen molar-refractivity contribution in [2.75, 3.05) is 6.61 Å². The standard InChI is InChI=1S/C8H18O3P/c1-5-6-7-10-12(9)11-8(2,3)4/h5-7H2,1-4H3/q+1. The fourth-order valence-electron chi connectivity index (χ4n) is 0.533. The van der Waals surface area contributed by atoms with E-state index in [2.05, 4.69) is 6.92 Å². The summed E-state index contributed by atoms with van der Waals surface area (Å²) >= 11 is 0. The minimum atomic E-state index is -1.93. The summed E-state index contributed by atoms with van der Waals surface area (Å²) in [5.41, 5.74) is -0.389. The van der Waals surface area contributed by atoms with Crippen molar-refractivity contribution >= 4 is 8.25 Å². The maximum absolute atomic E-state index is 11.0. The van der Waals surface area contributed by atoms with Crippen molar-refractivity contribution in [3.05, 3.63) is 0 Å². The first kappa shape index (κ1) is 12.0. The number of rotatable bonds is 5. The highest BCUT2D eigenvalue weighted by molar-refractivity contribution is 7.33. The van der Waals surface area contributed by atoms with Crippen molar-refractivity contribution in [1.82, 2.24) is 0 Å². The average molecular weight is 193 g/mol. The van der Waals surface area contributed by atoms with E-state index in [-0.39, 0.29) is 5.60 Å². The Kier molecular flexibility index (Phi) is 5.64. The van der Waals surface area contributed by atoms with Gasteiger partial charge in [0.05, 0.1) is 0 Å². The second-order valence-electron chi connectivity index (χ2n) is 3.61. The molecular formula is C8H18O3P+. The van der Waals surface area contributed by atoms with Crippen molar-refractivity contribution in [1.29, 1.82) is 0 Å². The Balaban J connectivity index is 3.47. The number of hydrogen-bond acceptors (Lipinski definition) is 3. The fourth-order valence-corrected chi connectivity index (χ4v) is 1.31. The first-order valence-corrected chi connectivity index (χ1v) is 5.34. The zero-order valence-electron chi connectivity index (χ0n) is 8.29. The van der Waals surface area contributed by atoms with Gasteiger partial charge in [-0.15, -0.1) is 9.05 Å². The van der Waals surface area contributed by atoms with Crippen LogP contribution in [0.15, 0.2) is 0 Å². The van der Waals surface area contributed by atoms with Gasteiger partial charge in [0.15, 0.2) is 0 Å². The Morgan fingerprint density at radius 3 is 2.33 bits per heavy atom. The molecule has 1 unspecified atom stereocenters. The van der Waals surface area contributed by atoms with Gasteiger partial charge in [-0.3, -0.25) is 0 Å². The van der Waals surface area contributed by atoms with E-state index in [9.17, 15) is 4.57 Å². The molecule has 0 saturated heterocycles. The number of hydrogen-bond donors (Lipinski definition) is 0. The summed E-state index contributed by atoms with van der Waals surface area (Å²) in [6, 6.07) is 0. The predicted molar refractivity (Wildman–Crippen MR) is 49.3 cm³/mol. The van der Waals surface area contributed by atoms with Crippen molar-refractivity contribution in [3.63, 3.8) is 0 Å². The predicted octanol–water partition coefficient (Wildman–Crippen LogP) is 3.28. The molecule has 0 amide bonds. The van der Waals surface area contributed by atoms with Gasteiger partial charge < -0.3 is 0 Å². The molecule has 0 saturated carbocycles. The highest BCUT2D eigenvalue weighted by atomic mass is 31.1. The SMILES string of the molecule is CCCCO[P+](=O)OC(C)(C)C. The largest absolute Gasteiger partial charge is 0.697 e. The normalized spacial score (nSPS) is 13.2. The summed E-state index contributed by atoms with van der Waals surface area (Å²) in [5, 5.41) is 0. The molecule has 0 aromatic rings. The topological polar surface area (TPSA) is 35.5 Å². The molecule has 4 heteroatoms. The monoisotopic (exact) mass is 193 g/mol. The van der Waals surface area contributed by atoms with Gasteiger partial charge in [0, 0.05) is 4.57 Å². The molecule has 0 aliphatic carbocycles. The Morgan fingerprint density at radius 2 is 1.92 bits per heavy atom. The van der Waals surface area contributed by atoms with Gasteiger partial charge in [0.2, 0.25) is 0 Å². The van der Waals surface area contributed by atoms with Crippen LogP contribution in [-0.2, 0) is 13.6 Å². The van der Waals surface area contributed by atoms with E-state index >= 15 is 0 Å².